The number of anilines is 2. The lowest BCUT2D eigenvalue weighted by Gasteiger charge is -2.29. The number of aromatic nitrogens is 1. The zero-order chi connectivity index (χ0) is 15.5. The molecule has 2 heterocycles. The van der Waals surface area contributed by atoms with Crippen molar-refractivity contribution in [1.29, 1.82) is 0 Å². The Balaban J connectivity index is 1.77. The molecule has 5 nitrogen and oxygen atoms in total. The van der Waals surface area contributed by atoms with Crippen molar-refractivity contribution in [3.63, 3.8) is 0 Å². The number of halogens is 1. The second-order valence-electron chi connectivity index (χ2n) is 5.02. The second kappa shape index (κ2) is 6.27. The van der Waals surface area contributed by atoms with Crippen LogP contribution < -0.4 is 10.2 Å². The van der Waals surface area contributed by atoms with Gasteiger partial charge in [-0.2, -0.15) is 0 Å². The van der Waals surface area contributed by atoms with E-state index in [-0.39, 0.29) is 18.4 Å². The van der Waals surface area contributed by atoms with Crippen molar-refractivity contribution in [3.8, 4) is 0 Å². The Hall–Kier alpha value is -2.21. The normalized spacial score (nSPS) is 13.7. The van der Waals surface area contributed by atoms with Crippen LogP contribution in [0.25, 0.3) is 0 Å². The molecule has 0 radical (unpaired) electrons. The summed E-state index contributed by atoms with van der Waals surface area (Å²) in [5.41, 5.74) is 1.87. The first-order valence-electron chi connectivity index (χ1n) is 6.93. The third kappa shape index (κ3) is 3.17. The Morgan fingerprint density at radius 1 is 1.27 bits per heavy atom. The molecule has 1 aromatic carbocycles. The Kier molecular flexibility index (Phi) is 4.20. The number of pyridine rings is 1. The molecule has 6 heteroatoms. The maximum absolute atomic E-state index is 12.1. The zero-order valence-electron chi connectivity index (χ0n) is 11.8. The summed E-state index contributed by atoms with van der Waals surface area (Å²) in [6.45, 7) is -0.00988. The van der Waals surface area contributed by atoms with Gasteiger partial charge in [0.15, 0.2) is 0 Å². The molecule has 0 atom stereocenters. The van der Waals surface area contributed by atoms with E-state index in [9.17, 15) is 9.59 Å². The summed E-state index contributed by atoms with van der Waals surface area (Å²) in [5, 5.41) is 2.70. The van der Waals surface area contributed by atoms with Crippen LogP contribution in [0.15, 0.2) is 47.1 Å². The van der Waals surface area contributed by atoms with Crippen LogP contribution in [0.2, 0.25) is 0 Å². The van der Waals surface area contributed by atoms with E-state index in [2.05, 4.69) is 26.2 Å². The van der Waals surface area contributed by atoms with Gasteiger partial charge in [0.05, 0.1) is 0 Å². The summed E-state index contributed by atoms with van der Waals surface area (Å²) in [5.74, 6) is 0.182. The standard InChI is InChI=1S/C16H14BrN3O2/c17-12-5-6-13-11(9-12)4-7-16(22)20(13)10-15(21)19-14-3-1-2-8-18-14/h1-3,5-6,8-9H,4,7,10H2,(H,18,19,21). The van der Waals surface area contributed by atoms with Gasteiger partial charge in [0.2, 0.25) is 11.8 Å². The molecule has 0 fully saturated rings. The number of benzene rings is 1. The Morgan fingerprint density at radius 2 is 2.14 bits per heavy atom. The molecule has 0 unspecified atom stereocenters. The largest absolute Gasteiger partial charge is 0.309 e. The van der Waals surface area contributed by atoms with Crippen molar-refractivity contribution < 1.29 is 9.59 Å². The number of carbonyl (C=O) groups is 2. The van der Waals surface area contributed by atoms with E-state index in [1.165, 1.54) is 4.90 Å². The summed E-state index contributed by atoms with van der Waals surface area (Å²) < 4.78 is 0.971. The van der Waals surface area contributed by atoms with Crippen molar-refractivity contribution in [2.24, 2.45) is 0 Å². The number of hydrogen-bond donors (Lipinski definition) is 1. The number of fused-ring (bicyclic) bond motifs is 1. The van der Waals surface area contributed by atoms with E-state index in [0.717, 1.165) is 15.7 Å². The van der Waals surface area contributed by atoms with E-state index < -0.39 is 0 Å². The topological polar surface area (TPSA) is 62.3 Å². The molecule has 3 rings (SSSR count). The zero-order valence-corrected chi connectivity index (χ0v) is 13.3. The van der Waals surface area contributed by atoms with E-state index in [1.807, 2.05) is 18.2 Å². The number of aryl methyl sites for hydroxylation is 1. The van der Waals surface area contributed by atoms with E-state index >= 15 is 0 Å². The average molecular weight is 360 g/mol. The third-order valence-corrected chi connectivity index (χ3v) is 3.97. The fourth-order valence-electron chi connectivity index (χ4n) is 2.46. The number of hydrogen-bond acceptors (Lipinski definition) is 3. The van der Waals surface area contributed by atoms with Gasteiger partial charge in [-0.3, -0.25) is 9.59 Å². The summed E-state index contributed by atoms with van der Waals surface area (Å²) in [6, 6.07) is 11.0. The quantitative estimate of drug-likeness (QED) is 0.916. The van der Waals surface area contributed by atoms with Crippen LogP contribution in [0.1, 0.15) is 12.0 Å². The Morgan fingerprint density at radius 3 is 2.91 bits per heavy atom. The van der Waals surface area contributed by atoms with Crippen LogP contribution in [0.3, 0.4) is 0 Å². The van der Waals surface area contributed by atoms with Crippen LogP contribution >= 0.6 is 15.9 Å². The lowest BCUT2D eigenvalue weighted by molar-refractivity contribution is -0.121. The highest BCUT2D eigenvalue weighted by atomic mass is 79.9. The van der Waals surface area contributed by atoms with Crippen LogP contribution in [0.5, 0.6) is 0 Å². The fraction of sp³-hybridized carbons (Fsp3) is 0.188. The fourth-order valence-corrected chi connectivity index (χ4v) is 2.87. The Labute approximate surface area is 136 Å². The van der Waals surface area contributed by atoms with Crippen LogP contribution in [-0.2, 0) is 16.0 Å². The summed E-state index contributed by atoms with van der Waals surface area (Å²) in [4.78, 5) is 29.9. The molecule has 0 bridgehead atoms. The minimum Gasteiger partial charge on any atom is -0.309 e. The number of rotatable bonds is 3. The molecule has 0 saturated heterocycles. The average Bonchev–Trinajstić information content (AvgIpc) is 2.51. The first-order valence-corrected chi connectivity index (χ1v) is 7.72. The molecule has 2 aromatic rings. The van der Waals surface area contributed by atoms with Gasteiger partial charge >= 0.3 is 0 Å². The van der Waals surface area contributed by atoms with Gasteiger partial charge in [-0.15, -0.1) is 0 Å². The van der Waals surface area contributed by atoms with Gasteiger partial charge in [-0.25, -0.2) is 4.98 Å². The lowest BCUT2D eigenvalue weighted by Crippen LogP contribution is -2.41. The van der Waals surface area contributed by atoms with Gasteiger partial charge in [-0.1, -0.05) is 22.0 Å². The van der Waals surface area contributed by atoms with Gasteiger partial charge < -0.3 is 10.2 Å². The highest BCUT2D eigenvalue weighted by molar-refractivity contribution is 9.10. The third-order valence-electron chi connectivity index (χ3n) is 3.48. The summed E-state index contributed by atoms with van der Waals surface area (Å²) >= 11 is 3.43. The van der Waals surface area contributed by atoms with Gasteiger partial charge in [0.25, 0.3) is 0 Å². The highest BCUT2D eigenvalue weighted by Crippen LogP contribution is 2.30. The van der Waals surface area contributed by atoms with Crippen molar-refractivity contribution in [1.82, 2.24) is 4.98 Å². The first kappa shape index (κ1) is 14.7. The maximum atomic E-state index is 12.1. The molecule has 0 aliphatic carbocycles. The van der Waals surface area contributed by atoms with E-state index in [0.29, 0.717) is 18.7 Å². The predicted molar refractivity (Wildman–Crippen MR) is 87.7 cm³/mol. The second-order valence-corrected chi connectivity index (χ2v) is 5.93. The maximum Gasteiger partial charge on any atom is 0.245 e. The van der Waals surface area contributed by atoms with Crippen molar-refractivity contribution >= 4 is 39.2 Å². The SMILES string of the molecule is O=C(CN1C(=O)CCc2cc(Br)ccc21)Nc1ccccn1. The number of nitrogens with zero attached hydrogens (tertiary/aromatic N) is 2. The van der Waals surface area contributed by atoms with Crippen LogP contribution in [-0.4, -0.2) is 23.3 Å². The molecule has 1 aliphatic rings. The molecule has 1 aliphatic heterocycles. The van der Waals surface area contributed by atoms with Crippen molar-refractivity contribution in [3.05, 3.63) is 52.6 Å². The van der Waals surface area contributed by atoms with Crippen molar-refractivity contribution in [2.75, 3.05) is 16.8 Å². The van der Waals surface area contributed by atoms with Crippen molar-refractivity contribution in [2.45, 2.75) is 12.8 Å². The Bertz CT molecular complexity index is 719. The molecule has 1 N–H and O–H groups in total. The minimum absolute atomic E-state index is 0.00988. The van der Waals surface area contributed by atoms with Gasteiger partial charge in [0, 0.05) is 22.8 Å². The predicted octanol–water partition coefficient (Wildman–Crippen LogP) is 2.76. The lowest BCUT2D eigenvalue weighted by atomic mass is 10.0. The number of nitrogens with one attached hydrogen (secondary N) is 1. The minimum atomic E-state index is -0.261. The van der Waals surface area contributed by atoms with Crippen LogP contribution in [0, 0.1) is 0 Å². The van der Waals surface area contributed by atoms with Crippen LogP contribution in [0.4, 0.5) is 11.5 Å². The summed E-state index contributed by atoms with van der Waals surface area (Å²) in [7, 11) is 0. The van der Waals surface area contributed by atoms with E-state index in [1.54, 1.807) is 24.4 Å². The molecule has 2 amide bonds. The summed E-state index contributed by atoms with van der Waals surface area (Å²) in [6.07, 6.45) is 2.72. The van der Waals surface area contributed by atoms with E-state index in [4.69, 9.17) is 0 Å². The first-order chi connectivity index (χ1) is 10.6. The van der Waals surface area contributed by atoms with Gasteiger partial charge in [0.1, 0.15) is 12.4 Å². The molecule has 0 saturated carbocycles. The highest BCUT2D eigenvalue weighted by Gasteiger charge is 2.26. The molecular weight excluding hydrogens is 346 g/mol. The molecule has 112 valence electrons. The molecule has 1 aromatic heterocycles. The monoisotopic (exact) mass is 359 g/mol. The molecule has 22 heavy (non-hydrogen) atoms. The van der Waals surface area contributed by atoms with Gasteiger partial charge in [-0.05, 0) is 42.3 Å². The number of carbonyl (C=O) groups excluding carboxylic acids is 2. The molecule has 0 spiro atoms. The number of amides is 2. The smallest absolute Gasteiger partial charge is 0.245 e. The molecular formula is C16H14BrN3O2.